The lowest BCUT2D eigenvalue weighted by molar-refractivity contribution is 0.137. The molecule has 0 aliphatic carbocycles. The Bertz CT molecular complexity index is 638. The molecular weight excluding hydrogens is 270 g/mol. The van der Waals surface area contributed by atoms with Crippen LogP contribution in [0.5, 0.6) is 0 Å². The lowest BCUT2D eigenvalue weighted by Gasteiger charge is -2.05. The molecule has 2 N–H and O–H groups in total. The molecule has 0 aliphatic heterocycles. The summed E-state index contributed by atoms with van der Waals surface area (Å²) in [6, 6.07) is 20.1. The molecule has 6 nitrogen and oxygen atoms in total. The van der Waals surface area contributed by atoms with Crippen molar-refractivity contribution in [3.8, 4) is 17.1 Å². The van der Waals surface area contributed by atoms with Crippen LogP contribution in [0.3, 0.4) is 0 Å². The smallest absolute Gasteiger partial charge is 0.450 e. The number of para-hydroxylation sites is 1. The lowest BCUT2D eigenvalue weighted by atomic mass is 10.2. The number of aromatic nitrogens is 3. The number of rotatable bonds is 2. The summed E-state index contributed by atoms with van der Waals surface area (Å²) in [5, 5.41) is 18.2. The SMILES string of the molecule is O=C(O)O.c1ccc(-c2ncnn2-c2ccccc2)cc1. The van der Waals surface area contributed by atoms with Gasteiger partial charge in [-0.3, -0.25) is 0 Å². The molecule has 6 heteroatoms. The Kier molecular flexibility index (Phi) is 4.66. The van der Waals surface area contributed by atoms with E-state index in [1.807, 2.05) is 65.3 Å². The maximum Gasteiger partial charge on any atom is 0.503 e. The van der Waals surface area contributed by atoms with Crippen LogP contribution in [0.2, 0.25) is 0 Å². The molecule has 1 aromatic heterocycles. The molecule has 0 fully saturated rings. The third-order valence-electron chi connectivity index (χ3n) is 2.58. The number of carboxylic acid groups (broad SMARTS) is 2. The topological polar surface area (TPSA) is 88.2 Å². The quantitative estimate of drug-likeness (QED) is 0.754. The maximum atomic E-state index is 8.56. The zero-order chi connectivity index (χ0) is 15.1. The van der Waals surface area contributed by atoms with Gasteiger partial charge in [-0.2, -0.15) is 5.10 Å². The Morgan fingerprint density at radius 3 is 2.00 bits per heavy atom. The fourth-order valence-corrected chi connectivity index (χ4v) is 1.78. The summed E-state index contributed by atoms with van der Waals surface area (Å²) < 4.78 is 1.84. The highest BCUT2D eigenvalue weighted by Gasteiger charge is 2.07. The van der Waals surface area contributed by atoms with E-state index in [-0.39, 0.29) is 0 Å². The molecule has 3 aromatic rings. The van der Waals surface area contributed by atoms with E-state index in [9.17, 15) is 0 Å². The van der Waals surface area contributed by atoms with Gasteiger partial charge in [-0.25, -0.2) is 14.5 Å². The van der Waals surface area contributed by atoms with Gasteiger partial charge >= 0.3 is 6.16 Å². The minimum Gasteiger partial charge on any atom is -0.450 e. The summed E-state index contributed by atoms with van der Waals surface area (Å²) in [7, 11) is 0. The molecule has 21 heavy (non-hydrogen) atoms. The molecule has 0 saturated carbocycles. The van der Waals surface area contributed by atoms with Crippen molar-refractivity contribution in [1.29, 1.82) is 0 Å². The van der Waals surface area contributed by atoms with Gasteiger partial charge in [0.15, 0.2) is 5.82 Å². The molecule has 2 aromatic carbocycles. The molecule has 0 atom stereocenters. The molecule has 1 heterocycles. The molecule has 106 valence electrons. The number of hydrogen-bond donors (Lipinski definition) is 2. The Balaban J connectivity index is 0.000000361. The van der Waals surface area contributed by atoms with Gasteiger partial charge in [-0.15, -0.1) is 0 Å². The van der Waals surface area contributed by atoms with Crippen molar-refractivity contribution in [3.05, 3.63) is 67.0 Å². The molecule has 0 bridgehead atoms. The van der Waals surface area contributed by atoms with Crippen molar-refractivity contribution in [2.24, 2.45) is 0 Å². The number of nitrogens with zero attached hydrogens (tertiary/aromatic N) is 3. The fourth-order valence-electron chi connectivity index (χ4n) is 1.78. The van der Waals surface area contributed by atoms with E-state index in [4.69, 9.17) is 15.0 Å². The summed E-state index contributed by atoms with van der Waals surface area (Å²) in [6.45, 7) is 0. The first-order valence-corrected chi connectivity index (χ1v) is 6.11. The molecule has 0 unspecified atom stereocenters. The molecule has 0 amide bonds. The van der Waals surface area contributed by atoms with E-state index in [2.05, 4.69) is 10.1 Å². The fraction of sp³-hybridized carbons (Fsp3) is 0. The van der Waals surface area contributed by atoms with Crippen LogP contribution < -0.4 is 0 Å². The van der Waals surface area contributed by atoms with Crippen molar-refractivity contribution in [1.82, 2.24) is 14.8 Å². The average molecular weight is 283 g/mol. The summed E-state index contributed by atoms with van der Waals surface area (Å²) in [6.07, 6.45) is -0.255. The van der Waals surface area contributed by atoms with Gasteiger partial charge < -0.3 is 10.2 Å². The Hall–Kier alpha value is -3.15. The van der Waals surface area contributed by atoms with Gasteiger partial charge in [-0.1, -0.05) is 48.5 Å². The van der Waals surface area contributed by atoms with Crippen LogP contribution >= 0.6 is 0 Å². The van der Waals surface area contributed by atoms with Crippen LogP contribution in [0.1, 0.15) is 0 Å². The van der Waals surface area contributed by atoms with Crippen molar-refractivity contribution >= 4 is 6.16 Å². The van der Waals surface area contributed by atoms with Crippen LogP contribution in [0.15, 0.2) is 67.0 Å². The van der Waals surface area contributed by atoms with Gasteiger partial charge in [0.05, 0.1) is 5.69 Å². The van der Waals surface area contributed by atoms with Gasteiger partial charge in [0.25, 0.3) is 0 Å². The standard InChI is InChI=1S/C14H11N3.CH2O3/c1-3-7-12(8-4-1)14-15-11-16-17(14)13-9-5-2-6-10-13;2-1(3)4/h1-11H;(H2,2,3,4). The monoisotopic (exact) mass is 283 g/mol. The third kappa shape index (κ3) is 3.90. The van der Waals surface area contributed by atoms with E-state index < -0.39 is 6.16 Å². The van der Waals surface area contributed by atoms with E-state index in [0.29, 0.717) is 0 Å². The normalized spacial score (nSPS) is 9.52. The Labute approximate surface area is 120 Å². The summed E-state index contributed by atoms with van der Waals surface area (Å²) in [4.78, 5) is 12.9. The molecule has 3 rings (SSSR count). The first-order chi connectivity index (χ1) is 10.2. The van der Waals surface area contributed by atoms with Crippen molar-refractivity contribution in [3.63, 3.8) is 0 Å². The van der Waals surface area contributed by atoms with E-state index in [0.717, 1.165) is 17.1 Å². The highest BCUT2D eigenvalue weighted by atomic mass is 16.6. The molecule has 0 aliphatic rings. The number of hydrogen-bond acceptors (Lipinski definition) is 3. The number of benzene rings is 2. The lowest BCUT2D eigenvalue weighted by Crippen LogP contribution is -1.98. The molecule has 0 radical (unpaired) electrons. The predicted molar refractivity (Wildman–Crippen MR) is 77.4 cm³/mol. The maximum absolute atomic E-state index is 8.56. The Morgan fingerprint density at radius 2 is 1.43 bits per heavy atom. The van der Waals surface area contributed by atoms with Crippen molar-refractivity contribution in [2.75, 3.05) is 0 Å². The molecular formula is C15H13N3O3. The minimum absolute atomic E-state index is 0.858. The van der Waals surface area contributed by atoms with E-state index in [1.165, 1.54) is 0 Å². The highest BCUT2D eigenvalue weighted by Crippen LogP contribution is 2.18. The predicted octanol–water partition coefficient (Wildman–Crippen LogP) is 3.16. The second-order valence-electron chi connectivity index (χ2n) is 3.98. The zero-order valence-electron chi connectivity index (χ0n) is 11.0. The third-order valence-corrected chi connectivity index (χ3v) is 2.58. The molecule has 0 spiro atoms. The average Bonchev–Trinajstić information content (AvgIpc) is 2.98. The summed E-state index contributed by atoms with van der Waals surface area (Å²) >= 11 is 0. The Morgan fingerprint density at radius 1 is 0.905 bits per heavy atom. The van der Waals surface area contributed by atoms with Gasteiger partial charge in [0.1, 0.15) is 6.33 Å². The van der Waals surface area contributed by atoms with Crippen LogP contribution in [0.25, 0.3) is 17.1 Å². The highest BCUT2D eigenvalue weighted by molar-refractivity contribution is 5.57. The molecule has 0 saturated heterocycles. The van der Waals surface area contributed by atoms with E-state index in [1.54, 1.807) is 6.33 Å². The largest absolute Gasteiger partial charge is 0.503 e. The van der Waals surface area contributed by atoms with E-state index >= 15 is 0 Å². The first-order valence-electron chi connectivity index (χ1n) is 6.11. The second kappa shape index (κ2) is 6.85. The van der Waals surface area contributed by atoms with Gasteiger partial charge in [0, 0.05) is 5.56 Å². The van der Waals surface area contributed by atoms with Crippen molar-refractivity contribution < 1.29 is 15.0 Å². The van der Waals surface area contributed by atoms with Crippen LogP contribution in [0.4, 0.5) is 4.79 Å². The zero-order valence-corrected chi connectivity index (χ0v) is 11.0. The first kappa shape index (κ1) is 14.3. The van der Waals surface area contributed by atoms with Crippen molar-refractivity contribution in [2.45, 2.75) is 0 Å². The number of carbonyl (C=O) groups is 1. The van der Waals surface area contributed by atoms with Crippen LogP contribution in [0, 0.1) is 0 Å². The summed E-state index contributed by atoms with van der Waals surface area (Å²) in [5.41, 5.74) is 2.08. The van der Waals surface area contributed by atoms with Crippen LogP contribution in [-0.2, 0) is 0 Å². The summed E-state index contributed by atoms with van der Waals surface area (Å²) in [5.74, 6) is 0.858. The minimum atomic E-state index is -1.83. The van der Waals surface area contributed by atoms with Gasteiger partial charge in [0.2, 0.25) is 0 Å². The van der Waals surface area contributed by atoms with Crippen LogP contribution in [-0.4, -0.2) is 31.1 Å². The van der Waals surface area contributed by atoms with Gasteiger partial charge in [-0.05, 0) is 12.1 Å². The second-order valence-corrected chi connectivity index (χ2v) is 3.98.